The second kappa shape index (κ2) is 4.94. The zero-order valence-corrected chi connectivity index (χ0v) is 10.0. The lowest BCUT2D eigenvalue weighted by Gasteiger charge is -2.36. The zero-order chi connectivity index (χ0) is 11.5. The average Bonchev–Trinajstić information content (AvgIpc) is 2.62. The van der Waals surface area contributed by atoms with Gasteiger partial charge in [-0.05, 0) is 5.92 Å². The van der Waals surface area contributed by atoms with Crippen LogP contribution in [-0.2, 0) is 14.3 Å². The zero-order valence-electron chi connectivity index (χ0n) is 10.0. The van der Waals surface area contributed by atoms with E-state index in [0.29, 0.717) is 19.1 Å². The molecule has 0 spiro atoms. The smallest absolute Gasteiger partial charge is 0.310 e. The predicted octanol–water partition coefficient (Wildman–Crippen LogP) is 0.668. The van der Waals surface area contributed by atoms with E-state index in [1.54, 1.807) is 7.11 Å². The fourth-order valence-corrected chi connectivity index (χ4v) is 2.43. The molecule has 0 saturated carbocycles. The van der Waals surface area contributed by atoms with Crippen molar-refractivity contribution >= 4 is 5.97 Å². The highest BCUT2D eigenvalue weighted by atomic mass is 16.5. The quantitative estimate of drug-likeness (QED) is 0.700. The summed E-state index contributed by atoms with van der Waals surface area (Å²) in [5, 5.41) is 3.26. The van der Waals surface area contributed by atoms with E-state index >= 15 is 0 Å². The third kappa shape index (κ3) is 2.16. The lowest BCUT2D eigenvalue weighted by molar-refractivity contribution is -0.151. The number of rotatable bonds is 4. The summed E-state index contributed by atoms with van der Waals surface area (Å²) in [6.07, 6.45) is 0. The third-order valence-electron chi connectivity index (χ3n) is 3.55. The molecule has 2 atom stereocenters. The number of carbonyl (C=O) groups is 1. The van der Waals surface area contributed by atoms with Crippen LogP contribution in [0.4, 0.5) is 0 Å². The first-order chi connectivity index (χ1) is 7.08. The summed E-state index contributed by atoms with van der Waals surface area (Å²) < 4.78 is 10.1. The number of methoxy groups -OCH3 is 2. The van der Waals surface area contributed by atoms with Crippen molar-refractivity contribution in [2.24, 2.45) is 17.3 Å². The van der Waals surface area contributed by atoms with Gasteiger partial charge in [0.1, 0.15) is 0 Å². The van der Waals surface area contributed by atoms with Gasteiger partial charge in [0.2, 0.25) is 0 Å². The molecule has 0 amide bonds. The molecule has 88 valence electrons. The normalized spacial score (nSPS) is 30.9. The average molecular weight is 215 g/mol. The summed E-state index contributed by atoms with van der Waals surface area (Å²) in [7, 11) is 3.12. The van der Waals surface area contributed by atoms with Gasteiger partial charge < -0.3 is 14.8 Å². The van der Waals surface area contributed by atoms with Gasteiger partial charge in [0.05, 0.1) is 19.6 Å². The van der Waals surface area contributed by atoms with E-state index in [1.165, 1.54) is 7.11 Å². The second-order valence-corrected chi connectivity index (χ2v) is 4.53. The first-order valence-corrected chi connectivity index (χ1v) is 5.36. The van der Waals surface area contributed by atoms with Gasteiger partial charge in [-0.25, -0.2) is 0 Å². The van der Waals surface area contributed by atoms with Gasteiger partial charge in [-0.3, -0.25) is 4.79 Å². The van der Waals surface area contributed by atoms with E-state index in [1.807, 2.05) is 0 Å². The van der Waals surface area contributed by atoms with Crippen molar-refractivity contribution in [1.29, 1.82) is 0 Å². The highest BCUT2D eigenvalue weighted by Crippen LogP contribution is 2.39. The number of hydrogen-bond acceptors (Lipinski definition) is 4. The SMILES string of the molecule is COCC1(C(C)C)CNCC1C(=O)OC. The second-order valence-electron chi connectivity index (χ2n) is 4.53. The van der Waals surface area contributed by atoms with Gasteiger partial charge in [0.15, 0.2) is 0 Å². The summed E-state index contributed by atoms with van der Waals surface area (Å²) in [6, 6.07) is 0. The predicted molar refractivity (Wildman–Crippen MR) is 57.5 cm³/mol. The summed E-state index contributed by atoms with van der Waals surface area (Å²) in [6.45, 7) is 6.36. The first kappa shape index (κ1) is 12.5. The van der Waals surface area contributed by atoms with E-state index in [-0.39, 0.29) is 17.3 Å². The summed E-state index contributed by atoms with van der Waals surface area (Å²) in [5.74, 6) is 0.157. The lowest BCUT2D eigenvalue weighted by atomic mass is 9.70. The molecule has 0 radical (unpaired) electrons. The minimum atomic E-state index is -0.134. The van der Waals surface area contributed by atoms with E-state index in [4.69, 9.17) is 9.47 Å². The number of hydrogen-bond donors (Lipinski definition) is 1. The topological polar surface area (TPSA) is 47.6 Å². The molecular weight excluding hydrogens is 194 g/mol. The molecule has 1 N–H and O–H groups in total. The van der Waals surface area contributed by atoms with Gasteiger partial charge >= 0.3 is 5.97 Å². The fraction of sp³-hybridized carbons (Fsp3) is 0.909. The van der Waals surface area contributed by atoms with Crippen LogP contribution in [0.2, 0.25) is 0 Å². The number of carbonyl (C=O) groups excluding carboxylic acids is 1. The lowest BCUT2D eigenvalue weighted by Crippen LogP contribution is -2.43. The van der Waals surface area contributed by atoms with Crippen molar-refractivity contribution in [3.05, 3.63) is 0 Å². The van der Waals surface area contributed by atoms with Crippen molar-refractivity contribution in [2.45, 2.75) is 13.8 Å². The van der Waals surface area contributed by atoms with Crippen LogP contribution in [0, 0.1) is 17.3 Å². The molecule has 15 heavy (non-hydrogen) atoms. The number of esters is 1. The van der Waals surface area contributed by atoms with Crippen LogP contribution in [0.1, 0.15) is 13.8 Å². The molecule has 2 unspecified atom stereocenters. The Bertz CT molecular complexity index is 230. The van der Waals surface area contributed by atoms with E-state index in [2.05, 4.69) is 19.2 Å². The van der Waals surface area contributed by atoms with Gasteiger partial charge in [-0.15, -0.1) is 0 Å². The Labute approximate surface area is 91.3 Å². The number of ether oxygens (including phenoxy) is 2. The van der Waals surface area contributed by atoms with E-state index in [9.17, 15) is 4.79 Å². The van der Waals surface area contributed by atoms with E-state index in [0.717, 1.165) is 6.54 Å². The maximum absolute atomic E-state index is 11.7. The van der Waals surface area contributed by atoms with Gasteiger partial charge in [-0.2, -0.15) is 0 Å². The van der Waals surface area contributed by atoms with Crippen molar-refractivity contribution in [1.82, 2.24) is 5.32 Å². The summed E-state index contributed by atoms with van der Waals surface area (Å²) in [5.41, 5.74) is -0.123. The summed E-state index contributed by atoms with van der Waals surface area (Å²) >= 11 is 0. The molecule has 1 heterocycles. The van der Waals surface area contributed by atoms with Crippen molar-refractivity contribution in [3.63, 3.8) is 0 Å². The van der Waals surface area contributed by atoms with Crippen LogP contribution in [0.15, 0.2) is 0 Å². The van der Waals surface area contributed by atoms with Crippen LogP contribution >= 0.6 is 0 Å². The molecule has 0 bridgehead atoms. The number of nitrogens with one attached hydrogen (secondary N) is 1. The van der Waals surface area contributed by atoms with Crippen LogP contribution < -0.4 is 5.32 Å². The molecule has 0 aromatic heterocycles. The van der Waals surface area contributed by atoms with Crippen molar-refractivity contribution in [3.8, 4) is 0 Å². The van der Waals surface area contributed by atoms with Crippen molar-refractivity contribution in [2.75, 3.05) is 33.9 Å². The molecule has 4 heteroatoms. The highest BCUT2D eigenvalue weighted by molar-refractivity contribution is 5.74. The molecule has 1 fully saturated rings. The molecule has 1 aliphatic heterocycles. The third-order valence-corrected chi connectivity index (χ3v) is 3.55. The minimum absolute atomic E-state index is 0.0950. The Balaban J connectivity index is 2.89. The van der Waals surface area contributed by atoms with Crippen LogP contribution in [0.25, 0.3) is 0 Å². The molecule has 0 aromatic rings. The van der Waals surface area contributed by atoms with E-state index < -0.39 is 0 Å². The molecule has 0 aromatic carbocycles. The van der Waals surface area contributed by atoms with Crippen LogP contribution in [0.3, 0.4) is 0 Å². The summed E-state index contributed by atoms with van der Waals surface area (Å²) in [4.78, 5) is 11.7. The Morgan fingerprint density at radius 1 is 1.53 bits per heavy atom. The van der Waals surface area contributed by atoms with Gasteiger partial charge in [0, 0.05) is 25.6 Å². The molecule has 4 nitrogen and oxygen atoms in total. The molecule has 1 aliphatic rings. The molecular formula is C11H21NO3. The van der Waals surface area contributed by atoms with Crippen LogP contribution in [-0.4, -0.2) is 39.9 Å². The van der Waals surface area contributed by atoms with Crippen molar-refractivity contribution < 1.29 is 14.3 Å². The van der Waals surface area contributed by atoms with Gasteiger partial charge in [0.25, 0.3) is 0 Å². The Hall–Kier alpha value is -0.610. The Morgan fingerprint density at radius 2 is 2.20 bits per heavy atom. The Kier molecular flexibility index (Phi) is 4.11. The van der Waals surface area contributed by atoms with Gasteiger partial charge in [-0.1, -0.05) is 13.8 Å². The molecule has 1 saturated heterocycles. The maximum atomic E-state index is 11.7. The fourth-order valence-electron chi connectivity index (χ4n) is 2.43. The minimum Gasteiger partial charge on any atom is -0.469 e. The largest absolute Gasteiger partial charge is 0.469 e. The highest BCUT2D eigenvalue weighted by Gasteiger charge is 2.49. The first-order valence-electron chi connectivity index (χ1n) is 5.36. The van der Waals surface area contributed by atoms with Crippen LogP contribution in [0.5, 0.6) is 0 Å². The standard InChI is InChI=1S/C11H21NO3/c1-8(2)11(7-14-3)6-12-5-9(11)10(13)15-4/h8-9,12H,5-7H2,1-4H3. The molecule has 1 rings (SSSR count). The molecule has 0 aliphatic carbocycles. The monoisotopic (exact) mass is 215 g/mol. The Morgan fingerprint density at radius 3 is 2.67 bits per heavy atom. The maximum Gasteiger partial charge on any atom is 0.310 e.